The van der Waals surface area contributed by atoms with E-state index in [2.05, 4.69) is 20.0 Å². The molecule has 1 aliphatic heterocycles. The molecule has 0 saturated heterocycles. The summed E-state index contributed by atoms with van der Waals surface area (Å²) in [5.74, 6) is 1.99. The van der Waals surface area contributed by atoms with Gasteiger partial charge in [0.25, 0.3) is 0 Å². The second kappa shape index (κ2) is 3.63. The lowest BCUT2D eigenvalue weighted by Gasteiger charge is -2.22. The van der Waals surface area contributed by atoms with Gasteiger partial charge in [0, 0.05) is 0 Å². The normalized spacial score (nSPS) is 19.0. The number of quaternary nitrogens is 1. The molecule has 0 saturated carbocycles. The molecule has 0 spiro atoms. The van der Waals surface area contributed by atoms with Gasteiger partial charge in [0.15, 0.2) is 6.61 Å². The Morgan fingerprint density at radius 3 is 2.92 bits per heavy atom. The highest BCUT2D eigenvalue weighted by Gasteiger charge is 2.28. The molecule has 0 bridgehead atoms. The van der Waals surface area contributed by atoms with Crippen LogP contribution in [0.3, 0.4) is 0 Å². The van der Waals surface area contributed by atoms with Crippen LogP contribution < -0.4 is 0 Å². The highest BCUT2D eigenvalue weighted by atomic mass is 16.5. The fourth-order valence-electron chi connectivity index (χ4n) is 1.30. The van der Waals surface area contributed by atoms with E-state index in [9.17, 15) is 4.79 Å². The zero-order chi connectivity index (χ0) is 9.90. The molecule has 0 fully saturated rings. The first-order valence-corrected chi connectivity index (χ1v) is 4.17. The fourth-order valence-corrected chi connectivity index (χ4v) is 1.30. The van der Waals surface area contributed by atoms with E-state index in [0.29, 0.717) is 0 Å². The highest BCUT2D eigenvalue weighted by molar-refractivity contribution is 5.89. The molecule has 3 nitrogen and oxygen atoms in total. The summed E-state index contributed by atoms with van der Waals surface area (Å²) in [4.78, 5) is 11.3. The number of hydrogen-bond donors (Lipinski definition) is 0. The molecule has 1 heterocycles. The third-order valence-corrected chi connectivity index (χ3v) is 1.98. The van der Waals surface area contributed by atoms with Gasteiger partial charge in [-0.15, -0.1) is 6.42 Å². The van der Waals surface area contributed by atoms with E-state index < -0.39 is 0 Å². The van der Waals surface area contributed by atoms with Gasteiger partial charge in [-0.2, -0.15) is 0 Å². The number of ether oxygens (including phenoxy) is 1. The SMILES string of the molecule is C#CCOC(=O)C1=CC[N+](C)(C)C1. The Balaban J connectivity index is 2.48. The minimum Gasteiger partial charge on any atom is -0.449 e. The molecule has 1 aliphatic rings. The van der Waals surface area contributed by atoms with Gasteiger partial charge in [-0.1, -0.05) is 5.92 Å². The van der Waals surface area contributed by atoms with Crippen LogP contribution in [0.1, 0.15) is 0 Å². The van der Waals surface area contributed by atoms with Crippen LogP contribution >= 0.6 is 0 Å². The van der Waals surface area contributed by atoms with Crippen LogP contribution in [-0.4, -0.2) is 44.2 Å². The molecular weight excluding hydrogens is 166 g/mol. The zero-order valence-corrected chi connectivity index (χ0v) is 8.04. The molecule has 0 radical (unpaired) electrons. The Labute approximate surface area is 78.6 Å². The molecule has 0 aromatic rings. The van der Waals surface area contributed by atoms with Crippen LogP contribution in [-0.2, 0) is 9.53 Å². The molecule has 13 heavy (non-hydrogen) atoms. The van der Waals surface area contributed by atoms with Crippen LogP contribution in [0.5, 0.6) is 0 Å². The van der Waals surface area contributed by atoms with E-state index in [-0.39, 0.29) is 12.6 Å². The quantitative estimate of drug-likeness (QED) is 0.344. The van der Waals surface area contributed by atoms with E-state index in [0.717, 1.165) is 23.1 Å². The molecule has 0 aromatic heterocycles. The van der Waals surface area contributed by atoms with Crippen LogP contribution in [0, 0.1) is 12.3 Å². The summed E-state index contributed by atoms with van der Waals surface area (Å²) in [5.41, 5.74) is 0.736. The van der Waals surface area contributed by atoms with Gasteiger partial charge in [-0.25, -0.2) is 4.79 Å². The van der Waals surface area contributed by atoms with Gasteiger partial charge >= 0.3 is 5.97 Å². The molecule has 0 N–H and O–H groups in total. The smallest absolute Gasteiger partial charge is 0.340 e. The maximum Gasteiger partial charge on any atom is 0.340 e. The van der Waals surface area contributed by atoms with Crippen LogP contribution in [0.2, 0.25) is 0 Å². The van der Waals surface area contributed by atoms with E-state index >= 15 is 0 Å². The topological polar surface area (TPSA) is 26.3 Å². The van der Waals surface area contributed by atoms with Crippen molar-refractivity contribution in [2.24, 2.45) is 0 Å². The maximum atomic E-state index is 11.3. The summed E-state index contributed by atoms with van der Waals surface area (Å²) in [7, 11) is 4.13. The highest BCUT2D eigenvalue weighted by Crippen LogP contribution is 2.14. The molecule has 0 amide bonds. The van der Waals surface area contributed by atoms with E-state index in [1.54, 1.807) is 0 Å². The van der Waals surface area contributed by atoms with Crippen molar-refractivity contribution >= 4 is 5.97 Å². The van der Waals surface area contributed by atoms with Crippen molar-refractivity contribution in [1.29, 1.82) is 0 Å². The number of terminal acetylenes is 1. The number of carbonyl (C=O) groups excluding carboxylic acids is 1. The Hall–Kier alpha value is -1.27. The van der Waals surface area contributed by atoms with Gasteiger partial charge in [-0.05, 0) is 6.08 Å². The Morgan fingerprint density at radius 2 is 2.46 bits per heavy atom. The maximum absolute atomic E-state index is 11.3. The molecule has 0 unspecified atom stereocenters. The van der Waals surface area contributed by atoms with Gasteiger partial charge in [-0.3, -0.25) is 0 Å². The predicted molar refractivity (Wildman–Crippen MR) is 49.7 cm³/mol. The average Bonchev–Trinajstić information content (AvgIpc) is 2.42. The molecule has 0 atom stereocenters. The Bertz CT molecular complexity index is 284. The molecule has 70 valence electrons. The van der Waals surface area contributed by atoms with E-state index in [1.807, 2.05) is 6.08 Å². The summed E-state index contributed by atoms with van der Waals surface area (Å²) in [6, 6.07) is 0. The van der Waals surface area contributed by atoms with Gasteiger partial charge in [0.1, 0.15) is 6.54 Å². The first-order chi connectivity index (χ1) is 6.05. The summed E-state index contributed by atoms with van der Waals surface area (Å²) >= 11 is 0. The summed E-state index contributed by atoms with van der Waals surface area (Å²) in [6.45, 7) is 1.66. The summed E-state index contributed by atoms with van der Waals surface area (Å²) in [5, 5.41) is 0. The number of nitrogens with zero attached hydrogens (tertiary/aromatic N) is 1. The van der Waals surface area contributed by atoms with Crippen molar-refractivity contribution in [3.63, 3.8) is 0 Å². The predicted octanol–water partition coefficient (Wildman–Crippen LogP) is 0.179. The second-order valence-corrected chi connectivity index (χ2v) is 3.79. The second-order valence-electron chi connectivity index (χ2n) is 3.79. The lowest BCUT2D eigenvalue weighted by atomic mass is 10.3. The van der Waals surface area contributed by atoms with Gasteiger partial charge in [0.05, 0.1) is 26.2 Å². The number of carbonyl (C=O) groups is 1. The van der Waals surface area contributed by atoms with Gasteiger partial charge in [0.2, 0.25) is 0 Å². The van der Waals surface area contributed by atoms with Crippen molar-refractivity contribution in [3.8, 4) is 12.3 Å². The van der Waals surface area contributed by atoms with Crippen molar-refractivity contribution in [2.45, 2.75) is 0 Å². The molecular formula is C10H14NO2+. The van der Waals surface area contributed by atoms with Crippen molar-refractivity contribution in [2.75, 3.05) is 33.8 Å². The third kappa shape index (κ3) is 2.60. The molecule has 3 heteroatoms. The third-order valence-electron chi connectivity index (χ3n) is 1.98. The molecule has 1 rings (SSSR count). The Kier molecular flexibility index (Phi) is 2.74. The Morgan fingerprint density at radius 1 is 1.77 bits per heavy atom. The van der Waals surface area contributed by atoms with Crippen LogP contribution in [0.15, 0.2) is 11.6 Å². The lowest BCUT2D eigenvalue weighted by Crippen LogP contribution is -2.37. The fraction of sp³-hybridized carbons (Fsp3) is 0.500. The molecule has 0 aromatic carbocycles. The van der Waals surface area contributed by atoms with E-state index in [1.165, 1.54) is 0 Å². The van der Waals surface area contributed by atoms with Crippen molar-refractivity contribution in [3.05, 3.63) is 11.6 Å². The molecule has 0 aliphatic carbocycles. The number of hydrogen-bond acceptors (Lipinski definition) is 2. The van der Waals surface area contributed by atoms with Crippen molar-refractivity contribution in [1.82, 2.24) is 0 Å². The first-order valence-electron chi connectivity index (χ1n) is 4.17. The minimum absolute atomic E-state index is 0.0591. The first kappa shape index (κ1) is 9.82. The van der Waals surface area contributed by atoms with Gasteiger partial charge < -0.3 is 9.22 Å². The summed E-state index contributed by atoms with van der Waals surface area (Å²) in [6.07, 6.45) is 6.89. The van der Waals surface area contributed by atoms with Crippen LogP contribution in [0.4, 0.5) is 0 Å². The number of esters is 1. The van der Waals surface area contributed by atoms with Crippen molar-refractivity contribution < 1.29 is 14.0 Å². The minimum atomic E-state index is -0.276. The van der Waals surface area contributed by atoms with E-state index in [4.69, 9.17) is 11.2 Å². The largest absolute Gasteiger partial charge is 0.449 e. The average molecular weight is 180 g/mol. The summed E-state index contributed by atoms with van der Waals surface area (Å²) < 4.78 is 5.62. The number of rotatable bonds is 2. The zero-order valence-electron chi connectivity index (χ0n) is 8.04. The van der Waals surface area contributed by atoms with Crippen LogP contribution in [0.25, 0.3) is 0 Å². The monoisotopic (exact) mass is 180 g/mol. The lowest BCUT2D eigenvalue weighted by molar-refractivity contribution is -0.874. The standard InChI is InChI=1S/C10H14NO2/c1-4-7-13-10(12)9-5-6-11(2,3)8-9/h1,5H,6-8H2,2-3H3/q+1. The number of likely N-dealkylation sites (N-methyl/N-ethyl adjacent to an activating group) is 1.